The second kappa shape index (κ2) is 17.2. The molecule has 0 spiro atoms. The number of amides is 1. The van der Waals surface area contributed by atoms with Crippen LogP contribution in [0.4, 0.5) is 0 Å². The topological polar surface area (TPSA) is 93.7 Å². The van der Waals surface area contributed by atoms with E-state index in [2.05, 4.69) is 76.0 Å². The van der Waals surface area contributed by atoms with Crippen LogP contribution in [0.15, 0.2) is 97.3 Å². The third-order valence-corrected chi connectivity index (χ3v) is 13.0. The minimum absolute atomic E-state index is 0.166. The molecule has 4 aromatic rings. The summed E-state index contributed by atoms with van der Waals surface area (Å²) in [6.07, 6.45) is 16.3. The Morgan fingerprint density at radius 3 is 1.74 bits per heavy atom. The van der Waals surface area contributed by atoms with Gasteiger partial charge in [-0.2, -0.15) is 10.5 Å². The SMILES string of the molecule is CC1C(N(C)C(=O)C[C@H]2CC[C@H](C)[C@@H](C)[C@@H]2/C=C/c2ccc(-c3ccccc3C#N)cn2)C[C@H](C)[C@@H](C)[C@@H]1/C=C/c1ccc(-c2ccccc2C#N)cn1. The Morgan fingerprint density at radius 1 is 0.704 bits per heavy atom. The summed E-state index contributed by atoms with van der Waals surface area (Å²) in [6.45, 7) is 11.7. The van der Waals surface area contributed by atoms with Crippen molar-refractivity contribution in [1.82, 2.24) is 14.9 Å². The highest BCUT2D eigenvalue weighted by Crippen LogP contribution is 2.44. The second-order valence-corrected chi connectivity index (χ2v) is 16.0. The Balaban J connectivity index is 1.12. The maximum Gasteiger partial charge on any atom is 0.222 e. The number of aromatic nitrogens is 2. The third-order valence-electron chi connectivity index (χ3n) is 13.0. The lowest BCUT2D eigenvalue weighted by Gasteiger charge is -2.47. The van der Waals surface area contributed by atoms with Gasteiger partial charge in [-0.3, -0.25) is 14.8 Å². The van der Waals surface area contributed by atoms with E-state index < -0.39 is 0 Å². The van der Waals surface area contributed by atoms with Gasteiger partial charge >= 0.3 is 0 Å². The average Bonchev–Trinajstić information content (AvgIpc) is 3.20. The standard InChI is InChI=1S/C48H53N5O/c1-31-15-16-36(44(33(31)3)24-22-42-20-18-40(30-52-42)46-14-10-8-12-38(46)28-50)26-48(54)53(6)47-25-32(2)34(4)43(35(47)5)23-21-41-19-17-39(29-51-41)45-13-9-7-11-37(45)27-49/h7-14,17-24,29-36,43-44,47H,15-16,25-26H2,1-6H3/b23-21+,24-22+/t31-,32-,33+,34+,35?,36+,43-,44-,47?/m0/s1. The van der Waals surface area contributed by atoms with Crippen LogP contribution in [0.5, 0.6) is 0 Å². The molecule has 2 aliphatic carbocycles. The van der Waals surface area contributed by atoms with E-state index in [1.807, 2.05) is 92.2 Å². The molecule has 6 nitrogen and oxygen atoms in total. The van der Waals surface area contributed by atoms with Gasteiger partial charge in [0, 0.05) is 54.2 Å². The summed E-state index contributed by atoms with van der Waals surface area (Å²) in [5.41, 5.74) is 6.70. The highest BCUT2D eigenvalue weighted by atomic mass is 16.2. The molecule has 2 aromatic carbocycles. The van der Waals surface area contributed by atoms with Crippen molar-refractivity contribution in [3.8, 4) is 34.4 Å². The van der Waals surface area contributed by atoms with Crippen molar-refractivity contribution in [2.24, 2.45) is 47.3 Å². The van der Waals surface area contributed by atoms with Gasteiger partial charge in [0.25, 0.3) is 0 Å². The van der Waals surface area contributed by atoms with Crippen LogP contribution in [0.25, 0.3) is 34.4 Å². The lowest BCUT2D eigenvalue weighted by atomic mass is 9.65. The summed E-state index contributed by atoms with van der Waals surface area (Å²) >= 11 is 0. The fourth-order valence-corrected chi connectivity index (χ4v) is 9.06. The highest BCUT2D eigenvalue weighted by molar-refractivity contribution is 5.77. The minimum Gasteiger partial charge on any atom is -0.342 e. The number of benzene rings is 2. The van der Waals surface area contributed by atoms with Crippen molar-refractivity contribution in [2.75, 3.05) is 7.05 Å². The average molecular weight is 716 g/mol. The number of carbonyl (C=O) groups excluding carboxylic acids is 1. The van der Waals surface area contributed by atoms with Crippen LogP contribution in [-0.4, -0.2) is 33.9 Å². The van der Waals surface area contributed by atoms with Gasteiger partial charge in [-0.05, 0) is 96.6 Å². The lowest BCUT2D eigenvalue weighted by molar-refractivity contribution is -0.137. The molecule has 2 heterocycles. The number of allylic oxidation sites excluding steroid dienone is 2. The van der Waals surface area contributed by atoms with Gasteiger partial charge in [-0.15, -0.1) is 0 Å². The molecule has 1 amide bonds. The molecule has 276 valence electrons. The Bertz CT molecular complexity index is 2050. The van der Waals surface area contributed by atoms with Crippen molar-refractivity contribution in [3.05, 3.63) is 120 Å². The van der Waals surface area contributed by atoms with Crippen LogP contribution in [0, 0.1) is 70.0 Å². The van der Waals surface area contributed by atoms with E-state index in [4.69, 9.17) is 9.97 Å². The fourth-order valence-electron chi connectivity index (χ4n) is 9.06. The van der Waals surface area contributed by atoms with Crippen molar-refractivity contribution in [1.29, 1.82) is 10.5 Å². The van der Waals surface area contributed by atoms with Crippen molar-refractivity contribution in [2.45, 2.75) is 66.3 Å². The highest BCUT2D eigenvalue weighted by Gasteiger charge is 2.41. The molecule has 2 fully saturated rings. The number of hydrogen-bond donors (Lipinski definition) is 0. The lowest BCUT2D eigenvalue weighted by Crippen LogP contribution is -2.50. The number of nitrogens with zero attached hydrogens (tertiary/aromatic N) is 5. The van der Waals surface area contributed by atoms with E-state index in [1.54, 1.807) is 0 Å². The molecular formula is C48H53N5O. The van der Waals surface area contributed by atoms with Gasteiger partial charge in [0.1, 0.15) is 0 Å². The first-order chi connectivity index (χ1) is 26.1. The van der Waals surface area contributed by atoms with Crippen molar-refractivity contribution >= 4 is 18.1 Å². The zero-order valence-corrected chi connectivity index (χ0v) is 32.6. The second-order valence-electron chi connectivity index (χ2n) is 16.0. The van der Waals surface area contributed by atoms with E-state index in [9.17, 15) is 15.3 Å². The van der Waals surface area contributed by atoms with Gasteiger partial charge < -0.3 is 4.90 Å². The van der Waals surface area contributed by atoms with E-state index in [1.165, 1.54) is 0 Å². The van der Waals surface area contributed by atoms with Gasteiger partial charge in [-0.1, -0.05) is 102 Å². The molecule has 2 aliphatic rings. The summed E-state index contributed by atoms with van der Waals surface area (Å²) < 4.78 is 0. The fraction of sp³-hybridized carbons (Fsp3) is 0.396. The predicted octanol–water partition coefficient (Wildman–Crippen LogP) is 10.7. The van der Waals surface area contributed by atoms with E-state index >= 15 is 0 Å². The van der Waals surface area contributed by atoms with Gasteiger partial charge in [0.2, 0.25) is 5.91 Å². The molecule has 0 saturated heterocycles. The third kappa shape index (κ3) is 8.40. The first kappa shape index (κ1) is 38.4. The molecule has 9 atom stereocenters. The van der Waals surface area contributed by atoms with E-state index in [-0.39, 0.29) is 23.8 Å². The van der Waals surface area contributed by atoms with E-state index in [0.29, 0.717) is 53.1 Å². The Hall–Kier alpha value is -5.33. The van der Waals surface area contributed by atoms with Crippen LogP contribution in [-0.2, 0) is 4.79 Å². The maximum absolute atomic E-state index is 14.2. The molecule has 6 heteroatoms. The van der Waals surface area contributed by atoms with Crippen LogP contribution in [0.1, 0.15) is 82.8 Å². The van der Waals surface area contributed by atoms with E-state index in [0.717, 1.165) is 52.9 Å². The number of hydrogen-bond acceptors (Lipinski definition) is 5. The van der Waals surface area contributed by atoms with Gasteiger partial charge in [0.15, 0.2) is 0 Å². The number of pyridine rings is 2. The largest absolute Gasteiger partial charge is 0.342 e. The molecule has 2 unspecified atom stereocenters. The predicted molar refractivity (Wildman–Crippen MR) is 218 cm³/mol. The summed E-state index contributed by atoms with van der Waals surface area (Å²) in [6, 6.07) is 28.1. The summed E-state index contributed by atoms with van der Waals surface area (Å²) in [5.74, 6) is 3.45. The summed E-state index contributed by atoms with van der Waals surface area (Å²) in [4.78, 5) is 25.7. The molecule has 2 aromatic heterocycles. The Kier molecular flexibility index (Phi) is 12.2. The van der Waals surface area contributed by atoms with Crippen molar-refractivity contribution in [3.63, 3.8) is 0 Å². The molecular weight excluding hydrogens is 663 g/mol. The molecule has 6 rings (SSSR count). The number of carbonyl (C=O) groups is 1. The first-order valence-electron chi connectivity index (χ1n) is 19.6. The first-order valence-corrected chi connectivity index (χ1v) is 19.6. The quantitative estimate of drug-likeness (QED) is 0.172. The Labute approximate surface area is 322 Å². The monoisotopic (exact) mass is 715 g/mol. The summed E-state index contributed by atoms with van der Waals surface area (Å²) in [5, 5.41) is 19.1. The molecule has 0 N–H and O–H groups in total. The molecule has 0 bridgehead atoms. The van der Waals surface area contributed by atoms with Crippen LogP contribution >= 0.6 is 0 Å². The van der Waals surface area contributed by atoms with Crippen LogP contribution in [0.3, 0.4) is 0 Å². The minimum atomic E-state index is 0.166. The summed E-state index contributed by atoms with van der Waals surface area (Å²) in [7, 11) is 2.03. The molecule has 0 radical (unpaired) electrons. The van der Waals surface area contributed by atoms with Gasteiger partial charge in [-0.25, -0.2) is 0 Å². The molecule has 54 heavy (non-hydrogen) atoms. The maximum atomic E-state index is 14.2. The zero-order chi connectivity index (χ0) is 38.4. The molecule has 0 aliphatic heterocycles. The number of rotatable bonds is 9. The van der Waals surface area contributed by atoms with Crippen LogP contribution < -0.4 is 0 Å². The van der Waals surface area contributed by atoms with Gasteiger partial charge in [0.05, 0.1) is 34.7 Å². The normalized spacial score (nSPS) is 27.0. The van der Waals surface area contributed by atoms with Crippen molar-refractivity contribution < 1.29 is 4.79 Å². The zero-order valence-electron chi connectivity index (χ0n) is 32.6. The number of nitriles is 2. The van der Waals surface area contributed by atoms with Crippen LogP contribution in [0.2, 0.25) is 0 Å². The Morgan fingerprint density at radius 2 is 1.22 bits per heavy atom. The smallest absolute Gasteiger partial charge is 0.222 e. The molecule has 2 saturated carbocycles.